The topological polar surface area (TPSA) is 42.2 Å². The zero-order chi connectivity index (χ0) is 18.1. The monoisotopic (exact) mass is 335 g/mol. The van der Waals surface area contributed by atoms with Crippen molar-refractivity contribution in [2.75, 3.05) is 0 Å². The van der Waals surface area contributed by atoms with Gasteiger partial charge in [-0.3, -0.25) is 0 Å². The molecule has 0 radical (unpaired) electrons. The van der Waals surface area contributed by atoms with Gasteiger partial charge in [0.2, 0.25) is 0 Å². The van der Waals surface area contributed by atoms with Gasteiger partial charge in [-0.2, -0.15) is 5.26 Å². The van der Waals surface area contributed by atoms with Gasteiger partial charge in [0.25, 0.3) is 0 Å². The Kier molecular flexibility index (Phi) is 4.69. The fourth-order valence-electron chi connectivity index (χ4n) is 3.70. The minimum absolute atomic E-state index is 0.171. The van der Waals surface area contributed by atoms with Crippen molar-refractivity contribution in [1.82, 2.24) is 0 Å². The maximum atomic E-state index is 10.4. The van der Waals surface area contributed by atoms with Gasteiger partial charge in [-0.05, 0) is 30.9 Å². The highest BCUT2D eigenvalue weighted by Gasteiger charge is 2.55. The highest BCUT2D eigenvalue weighted by Crippen LogP contribution is 2.46. The fourth-order valence-corrected chi connectivity index (χ4v) is 3.70. The number of nitriles is 1. The summed E-state index contributed by atoms with van der Waals surface area (Å²) in [6, 6.07) is 22.4. The van der Waals surface area contributed by atoms with Crippen molar-refractivity contribution in [3.8, 4) is 6.07 Å². The Hall–Kier alpha value is -2.15. The zero-order valence-electron chi connectivity index (χ0n) is 15.3. The van der Waals surface area contributed by atoms with Crippen LogP contribution < -0.4 is 0 Å². The summed E-state index contributed by atoms with van der Waals surface area (Å²) in [6.07, 6.45) is -0.563. The molecule has 130 valence electrons. The lowest BCUT2D eigenvalue weighted by molar-refractivity contribution is -0.151. The molecule has 1 fully saturated rings. The molecule has 0 bridgehead atoms. The van der Waals surface area contributed by atoms with Crippen molar-refractivity contribution >= 4 is 0 Å². The van der Waals surface area contributed by atoms with Crippen LogP contribution in [0.3, 0.4) is 0 Å². The lowest BCUT2D eigenvalue weighted by atomic mass is 9.68. The SMILES string of the molecule is CC(C)[C@@H]1OC(C)(C)O[C@H]1C(C#N)(c1ccccc1)c1ccccc1. The molecule has 2 aromatic rings. The quantitative estimate of drug-likeness (QED) is 0.815. The van der Waals surface area contributed by atoms with E-state index in [-0.39, 0.29) is 12.0 Å². The third-order valence-electron chi connectivity index (χ3n) is 4.85. The summed E-state index contributed by atoms with van der Waals surface area (Å²) in [4.78, 5) is 0. The maximum Gasteiger partial charge on any atom is 0.163 e. The van der Waals surface area contributed by atoms with Crippen molar-refractivity contribution in [1.29, 1.82) is 5.26 Å². The fraction of sp³-hybridized carbons (Fsp3) is 0.409. The van der Waals surface area contributed by atoms with Gasteiger partial charge in [0.1, 0.15) is 11.5 Å². The van der Waals surface area contributed by atoms with Crippen LogP contribution in [0.2, 0.25) is 0 Å². The molecule has 0 saturated carbocycles. The van der Waals surface area contributed by atoms with E-state index < -0.39 is 17.3 Å². The number of hydrogen-bond donors (Lipinski definition) is 0. The summed E-state index contributed by atoms with van der Waals surface area (Å²) < 4.78 is 12.5. The van der Waals surface area contributed by atoms with Gasteiger partial charge in [-0.25, -0.2) is 0 Å². The van der Waals surface area contributed by atoms with Crippen LogP contribution in [0.15, 0.2) is 60.7 Å². The highest BCUT2D eigenvalue weighted by atomic mass is 16.8. The van der Waals surface area contributed by atoms with Crippen LogP contribution in [-0.2, 0) is 14.9 Å². The van der Waals surface area contributed by atoms with Gasteiger partial charge >= 0.3 is 0 Å². The summed E-state index contributed by atoms with van der Waals surface area (Å²) in [7, 11) is 0. The van der Waals surface area contributed by atoms with E-state index in [9.17, 15) is 5.26 Å². The second-order valence-corrected chi connectivity index (χ2v) is 7.42. The predicted octanol–water partition coefficient (Wildman–Crippen LogP) is 4.67. The highest BCUT2D eigenvalue weighted by molar-refractivity contribution is 5.48. The molecular formula is C22H25NO2. The molecule has 2 aromatic carbocycles. The predicted molar refractivity (Wildman–Crippen MR) is 97.9 cm³/mol. The van der Waals surface area contributed by atoms with Gasteiger partial charge in [-0.15, -0.1) is 0 Å². The number of nitrogens with zero attached hydrogens (tertiary/aromatic N) is 1. The molecule has 1 heterocycles. The molecule has 0 aromatic heterocycles. The molecule has 0 aliphatic carbocycles. The smallest absolute Gasteiger partial charge is 0.163 e. The average molecular weight is 335 g/mol. The largest absolute Gasteiger partial charge is 0.344 e. The van der Waals surface area contributed by atoms with Crippen LogP contribution in [0.4, 0.5) is 0 Å². The Morgan fingerprint density at radius 3 is 1.80 bits per heavy atom. The first kappa shape index (κ1) is 17.7. The Balaban J connectivity index is 2.23. The van der Waals surface area contributed by atoms with Gasteiger partial charge in [-0.1, -0.05) is 74.5 Å². The molecule has 1 aliphatic heterocycles. The molecule has 3 heteroatoms. The molecule has 1 aliphatic rings. The second kappa shape index (κ2) is 6.63. The molecule has 25 heavy (non-hydrogen) atoms. The number of benzene rings is 2. The zero-order valence-corrected chi connectivity index (χ0v) is 15.3. The second-order valence-electron chi connectivity index (χ2n) is 7.42. The molecule has 0 N–H and O–H groups in total. The first-order valence-electron chi connectivity index (χ1n) is 8.78. The lowest BCUT2D eigenvalue weighted by Crippen LogP contribution is -2.47. The summed E-state index contributed by atoms with van der Waals surface area (Å²) in [5, 5.41) is 10.4. The molecule has 0 amide bonds. The maximum absolute atomic E-state index is 10.4. The Morgan fingerprint density at radius 2 is 1.40 bits per heavy atom. The van der Waals surface area contributed by atoms with E-state index in [0.717, 1.165) is 11.1 Å². The van der Waals surface area contributed by atoms with E-state index in [2.05, 4.69) is 19.9 Å². The summed E-state index contributed by atoms with van der Waals surface area (Å²) in [5.41, 5.74) is 0.937. The summed E-state index contributed by atoms with van der Waals surface area (Å²) in [6.45, 7) is 8.06. The van der Waals surface area contributed by atoms with E-state index in [1.807, 2.05) is 74.5 Å². The van der Waals surface area contributed by atoms with E-state index in [1.54, 1.807) is 0 Å². The lowest BCUT2D eigenvalue weighted by Gasteiger charge is -2.36. The molecule has 3 rings (SSSR count). The van der Waals surface area contributed by atoms with Crippen LogP contribution in [0.25, 0.3) is 0 Å². The van der Waals surface area contributed by atoms with Crippen molar-refractivity contribution in [3.05, 3.63) is 71.8 Å². The first-order valence-corrected chi connectivity index (χ1v) is 8.78. The molecule has 1 saturated heterocycles. The van der Waals surface area contributed by atoms with E-state index in [4.69, 9.17) is 9.47 Å². The Labute approximate surface area is 150 Å². The van der Waals surface area contributed by atoms with E-state index in [1.165, 1.54) is 0 Å². The third kappa shape index (κ3) is 3.08. The van der Waals surface area contributed by atoms with Crippen molar-refractivity contribution in [3.63, 3.8) is 0 Å². The molecule has 0 unspecified atom stereocenters. The average Bonchev–Trinajstić information content (AvgIpc) is 2.94. The normalized spacial score (nSPS) is 22.7. The Morgan fingerprint density at radius 1 is 0.920 bits per heavy atom. The molecule has 0 spiro atoms. The van der Waals surface area contributed by atoms with Crippen molar-refractivity contribution < 1.29 is 9.47 Å². The van der Waals surface area contributed by atoms with Crippen LogP contribution in [0, 0.1) is 17.2 Å². The molecule has 3 nitrogen and oxygen atoms in total. The van der Waals surface area contributed by atoms with Crippen molar-refractivity contribution in [2.45, 2.75) is 51.1 Å². The first-order chi connectivity index (χ1) is 11.9. The Bertz CT molecular complexity index is 707. The van der Waals surface area contributed by atoms with Gasteiger partial charge in [0, 0.05) is 0 Å². The van der Waals surface area contributed by atoms with Crippen molar-refractivity contribution in [2.24, 2.45) is 5.92 Å². The molecular weight excluding hydrogens is 310 g/mol. The summed E-state index contributed by atoms with van der Waals surface area (Å²) >= 11 is 0. The number of ether oxygens (including phenoxy) is 2. The third-order valence-corrected chi connectivity index (χ3v) is 4.85. The van der Waals surface area contributed by atoms with E-state index in [0.29, 0.717) is 0 Å². The number of rotatable bonds is 4. The minimum Gasteiger partial charge on any atom is -0.344 e. The van der Waals surface area contributed by atoms with Crippen LogP contribution in [0.1, 0.15) is 38.8 Å². The number of hydrogen-bond acceptors (Lipinski definition) is 3. The van der Waals surface area contributed by atoms with Crippen LogP contribution >= 0.6 is 0 Å². The van der Waals surface area contributed by atoms with Crippen LogP contribution in [-0.4, -0.2) is 18.0 Å². The minimum atomic E-state index is -0.925. The summed E-state index contributed by atoms with van der Waals surface area (Å²) in [5.74, 6) is -0.488. The van der Waals surface area contributed by atoms with E-state index >= 15 is 0 Å². The van der Waals surface area contributed by atoms with Crippen LogP contribution in [0.5, 0.6) is 0 Å². The molecule has 2 atom stereocenters. The van der Waals surface area contributed by atoms with Gasteiger partial charge in [0.05, 0.1) is 12.2 Å². The van der Waals surface area contributed by atoms with Gasteiger partial charge < -0.3 is 9.47 Å². The van der Waals surface area contributed by atoms with Gasteiger partial charge in [0.15, 0.2) is 5.79 Å². The standard InChI is InChI=1S/C22H25NO2/c1-16(2)19-20(25-21(3,4)24-19)22(15-23,17-11-7-5-8-12-17)18-13-9-6-10-14-18/h5-14,16,19-20H,1-4H3/t19-,20+/m0/s1.